The predicted octanol–water partition coefficient (Wildman–Crippen LogP) is 2.03. The Bertz CT molecular complexity index is 469. The van der Waals surface area contributed by atoms with Crippen LogP contribution in [0, 0.1) is 0 Å². The number of carbonyl (C=O) groups is 1. The fourth-order valence-electron chi connectivity index (χ4n) is 1.77. The monoisotopic (exact) mass is 284 g/mol. The summed E-state index contributed by atoms with van der Waals surface area (Å²) in [6.45, 7) is 4.14. The Labute approximate surface area is 118 Å². The lowest BCUT2D eigenvalue weighted by Gasteiger charge is -2.17. The number of ketones is 1. The van der Waals surface area contributed by atoms with Crippen molar-refractivity contribution in [3.8, 4) is 23.0 Å². The molecule has 0 saturated carbocycles. The molecule has 0 saturated heterocycles. The van der Waals surface area contributed by atoms with Crippen LogP contribution >= 0.6 is 0 Å². The van der Waals surface area contributed by atoms with E-state index in [-0.39, 0.29) is 35.2 Å². The number of ether oxygens (including phenoxy) is 4. The van der Waals surface area contributed by atoms with Gasteiger partial charge in [0.2, 0.25) is 5.75 Å². The number of aromatic hydroxyl groups is 1. The third kappa shape index (κ3) is 3.33. The number of methoxy groups -OCH3 is 2. The van der Waals surface area contributed by atoms with Crippen molar-refractivity contribution in [1.29, 1.82) is 0 Å². The Morgan fingerprint density at radius 2 is 1.85 bits per heavy atom. The van der Waals surface area contributed by atoms with Gasteiger partial charge < -0.3 is 24.1 Å². The van der Waals surface area contributed by atoms with Crippen LogP contribution in [0.4, 0.5) is 0 Å². The Balaban J connectivity index is 3.36. The molecule has 1 rings (SSSR count). The fourth-order valence-corrected chi connectivity index (χ4v) is 1.77. The van der Waals surface area contributed by atoms with E-state index in [0.29, 0.717) is 19.0 Å². The maximum absolute atomic E-state index is 12.1. The molecule has 0 aliphatic rings. The molecule has 0 aromatic heterocycles. The van der Waals surface area contributed by atoms with Gasteiger partial charge in [-0.3, -0.25) is 4.79 Å². The van der Waals surface area contributed by atoms with Crippen LogP contribution in [-0.2, 0) is 4.74 Å². The maximum atomic E-state index is 12.1. The van der Waals surface area contributed by atoms with Crippen molar-refractivity contribution in [3.63, 3.8) is 0 Å². The van der Waals surface area contributed by atoms with Crippen molar-refractivity contribution >= 4 is 5.78 Å². The van der Waals surface area contributed by atoms with E-state index in [2.05, 4.69) is 0 Å². The lowest BCUT2D eigenvalue weighted by atomic mass is 10.1. The molecular weight excluding hydrogens is 264 g/mol. The highest BCUT2D eigenvalue weighted by atomic mass is 16.5. The molecule has 0 bridgehead atoms. The zero-order chi connectivity index (χ0) is 15.1. The maximum Gasteiger partial charge on any atom is 0.204 e. The molecular formula is C14H20O6. The molecule has 0 spiro atoms. The van der Waals surface area contributed by atoms with Crippen molar-refractivity contribution in [2.75, 3.05) is 34.0 Å². The van der Waals surface area contributed by atoms with Crippen molar-refractivity contribution in [2.45, 2.75) is 13.8 Å². The topological polar surface area (TPSA) is 74.2 Å². The molecule has 20 heavy (non-hydrogen) atoms. The fraction of sp³-hybridized carbons (Fsp3) is 0.500. The first-order valence-electron chi connectivity index (χ1n) is 6.32. The van der Waals surface area contributed by atoms with Crippen molar-refractivity contribution < 1.29 is 28.8 Å². The third-order valence-corrected chi connectivity index (χ3v) is 2.61. The Morgan fingerprint density at radius 1 is 1.15 bits per heavy atom. The molecule has 0 atom stereocenters. The molecule has 0 heterocycles. The highest BCUT2D eigenvalue weighted by molar-refractivity contribution is 6.03. The average molecular weight is 284 g/mol. The first-order valence-corrected chi connectivity index (χ1v) is 6.32. The highest BCUT2D eigenvalue weighted by Crippen LogP contribution is 2.45. The standard InChI is InChI=1S/C14H20O6/c1-5-19-8-10(16)12-9(15)7-11(17-3)13(18-4)14(12)20-6-2/h7,15H,5-6,8H2,1-4H3. The van der Waals surface area contributed by atoms with E-state index in [1.165, 1.54) is 20.3 Å². The van der Waals surface area contributed by atoms with Crippen LogP contribution in [0.2, 0.25) is 0 Å². The number of phenolic OH excluding ortho intramolecular Hbond substituents is 1. The summed E-state index contributed by atoms with van der Waals surface area (Å²) in [7, 11) is 2.88. The first kappa shape index (κ1) is 16.1. The van der Waals surface area contributed by atoms with Crippen LogP contribution in [-0.4, -0.2) is 44.9 Å². The number of carbonyl (C=O) groups excluding carboxylic acids is 1. The molecule has 112 valence electrons. The van der Waals surface area contributed by atoms with E-state index >= 15 is 0 Å². The molecule has 0 aliphatic heterocycles. The summed E-state index contributed by atoms with van der Waals surface area (Å²) in [5.41, 5.74) is 0.0398. The Kier molecular flexibility index (Phi) is 6.11. The number of hydrogen-bond donors (Lipinski definition) is 1. The van der Waals surface area contributed by atoms with Gasteiger partial charge in [-0.25, -0.2) is 0 Å². The van der Waals surface area contributed by atoms with Crippen molar-refractivity contribution in [3.05, 3.63) is 11.6 Å². The molecule has 0 aliphatic carbocycles. The minimum Gasteiger partial charge on any atom is -0.507 e. The molecule has 1 aromatic carbocycles. The third-order valence-electron chi connectivity index (χ3n) is 2.61. The van der Waals surface area contributed by atoms with E-state index in [1.807, 2.05) is 0 Å². The van der Waals surface area contributed by atoms with Gasteiger partial charge in [0.1, 0.15) is 17.9 Å². The van der Waals surface area contributed by atoms with Crippen LogP contribution in [0.1, 0.15) is 24.2 Å². The lowest BCUT2D eigenvalue weighted by molar-refractivity contribution is 0.0776. The van der Waals surface area contributed by atoms with E-state index in [9.17, 15) is 9.90 Å². The largest absolute Gasteiger partial charge is 0.507 e. The number of hydrogen-bond acceptors (Lipinski definition) is 6. The minimum absolute atomic E-state index is 0.0398. The number of benzene rings is 1. The van der Waals surface area contributed by atoms with E-state index in [4.69, 9.17) is 18.9 Å². The second-order valence-corrected chi connectivity index (χ2v) is 3.83. The summed E-state index contributed by atoms with van der Waals surface area (Å²) in [6, 6.07) is 1.32. The summed E-state index contributed by atoms with van der Waals surface area (Å²) >= 11 is 0. The Hall–Kier alpha value is -1.95. The predicted molar refractivity (Wildman–Crippen MR) is 73.2 cm³/mol. The van der Waals surface area contributed by atoms with Gasteiger partial charge in [-0.2, -0.15) is 0 Å². The van der Waals surface area contributed by atoms with Crippen LogP contribution in [0.25, 0.3) is 0 Å². The second-order valence-electron chi connectivity index (χ2n) is 3.83. The quantitative estimate of drug-likeness (QED) is 0.736. The summed E-state index contributed by atoms with van der Waals surface area (Å²) in [4.78, 5) is 12.1. The molecule has 0 fully saturated rings. The molecule has 0 amide bonds. The zero-order valence-electron chi connectivity index (χ0n) is 12.2. The van der Waals surface area contributed by atoms with Crippen LogP contribution in [0.15, 0.2) is 6.07 Å². The number of Topliss-reactive ketones (excluding diaryl/α,β-unsaturated/α-hetero) is 1. The minimum atomic E-state index is -0.381. The van der Waals surface area contributed by atoms with Crippen molar-refractivity contribution in [1.82, 2.24) is 0 Å². The first-order chi connectivity index (χ1) is 9.60. The average Bonchev–Trinajstić information content (AvgIpc) is 2.44. The van der Waals surface area contributed by atoms with Crippen LogP contribution < -0.4 is 14.2 Å². The van der Waals surface area contributed by atoms with Gasteiger partial charge in [0, 0.05) is 12.7 Å². The van der Waals surface area contributed by atoms with Gasteiger partial charge in [-0.05, 0) is 13.8 Å². The van der Waals surface area contributed by atoms with Gasteiger partial charge in [-0.1, -0.05) is 0 Å². The van der Waals surface area contributed by atoms with Gasteiger partial charge >= 0.3 is 0 Å². The molecule has 6 nitrogen and oxygen atoms in total. The zero-order valence-corrected chi connectivity index (χ0v) is 12.2. The molecule has 1 N–H and O–H groups in total. The van der Waals surface area contributed by atoms with Gasteiger partial charge in [0.25, 0.3) is 0 Å². The second kappa shape index (κ2) is 7.59. The summed E-state index contributed by atoms with van der Waals surface area (Å²) in [6.07, 6.45) is 0. The molecule has 6 heteroatoms. The molecule has 0 radical (unpaired) electrons. The smallest absolute Gasteiger partial charge is 0.204 e. The molecule has 1 aromatic rings. The summed E-state index contributed by atoms with van der Waals surface area (Å²) < 4.78 is 20.9. The molecule has 0 unspecified atom stereocenters. The highest BCUT2D eigenvalue weighted by Gasteiger charge is 2.25. The normalized spacial score (nSPS) is 10.2. The number of rotatable bonds is 8. The van der Waals surface area contributed by atoms with E-state index in [0.717, 1.165) is 0 Å². The van der Waals surface area contributed by atoms with Gasteiger partial charge in [0.05, 0.1) is 20.8 Å². The lowest BCUT2D eigenvalue weighted by Crippen LogP contribution is -2.12. The SMILES string of the molecule is CCOCC(=O)c1c(O)cc(OC)c(OC)c1OCC. The Morgan fingerprint density at radius 3 is 2.35 bits per heavy atom. The summed E-state index contributed by atoms with van der Waals surface area (Å²) in [5, 5.41) is 10.0. The number of phenols is 1. The van der Waals surface area contributed by atoms with E-state index < -0.39 is 0 Å². The summed E-state index contributed by atoms with van der Waals surface area (Å²) in [5.74, 6) is 0.120. The van der Waals surface area contributed by atoms with Crippen LogP contribution in [0.3, 0.4) is 0 Å². The van der Waals surface area contributed by atoms with Gasteiger partial charge in [-0.15, -0.1) is 0 Å². The van der Waals surface area contributed by atoms with Crippen molar-refractivity contribution in [2.24, 2.45) is 0 Å². The van der Waals surface area contributed by atoms with E-state index in [1.54, 1.807) is 13.8 Å². The van der Waals surface area contributed by atoms with Crippen LogP contribution in [0.5, 0.6) is 23.0 Å². The van der Waals surface area contributed by atoms with Gasteiger partial charge in [0.15, 0.2) is 17.3 Å².